The van der Waals surface area contributed by atoms with Crippen LogP contribution in [-0.4, -0.2) is 23.7 Å². The van der Waals surface area contributed by atoms with Gasteiger partial charge in [-0.3, -0.25) is 9.54 Å². The van der Waals surface area contributed by atoms with Crippen molar-refractivity contribution in [3.63, 3.8) is 0 Å². The van der Waals surface area contributed by atoms with Gasteiger partial charge in [-0.2, -0.15) is 13.7 Å². The summed E-state index contributed by atoms with van der Waals surface area (Å²) in [5.41, 5.74) is 0.604. The van der Waals surface area contributed by atoms with Gasteiger partial charge in [-0.15, -0.1) is 6.58 Å². The fourth-order valence-electron chi connectivity index (χ4n) is 0.578. The highest BCUT2D eigenvalue weighted by Gasteiger charge is 1.95. The molecule has 0 saturated carbocycles. The summed E-state index contributed by atoms with van der Waals surface area (Å²) in [6, 6.07) is 5.41. The minimum absolute atomic E-state index is 0.368. The van der Waals surface area contributed by atoms with Crippen LogP contribution in [0.2, 0.25) is 0 Å². The van der Waals surface area contributed by atoms with Crippen LogP contribution in [0.1, 0.15) is 5.56 Å². The molecule has 15 heavy (non-hydrogen) atoms. The maximum Gasteiger partial charge on any atom is 0.268 e. The van der Waals surface area contributed by atoms with Gasteiger partial charge in [-0.1, -0.05) is 6.08 Å². The fourth-order valence-corrected chi connectivity index (χ4v) is 0.876. The first kappa shape index (κ1) is 13.3. The Bertz CT molecular complexity index is 434. The number of hydrogen-bond acceptors (Lipinski definition) is 4. The third kappa shape index (κ3) is 8.62. The average Bonchev–Trinajstić information content (AvgIpc) is 2.18. The summed E-state index contributed by atoms with van der Waals surface area (Å²) in [5.74, 6) is -0.368. The largest absolute Gasteiger partial charge is 0.285 e. The van der Waals surface area contributed by atoms with Crippen molar-refractivity contribution in [3.8, 4) is 6.07 Å². The van der Waals surface area contributed by atoms with Crippen LogP contribution in [-0.2, 0) is 10.1 Å². The van der Waals surface area contributed by atoms with Crippen molar-refractivity contribution in [3.05, 3.63) is 42.7 Å². The molecule has 0 unspecified atom stereocenters. The molecule has 1 aromatic heterocycles. The van der Waals surface area contributed by atoms with E-state index in [1.807, 2.05) is 6.07 Å². The molecule has 0 amide bonds. The van der Waals surface area contributed by atoms with Crippen molar-refractivity contribution in [1.82, 2.24) is 4.98 Å². The van der Waals surface area contributed by atoms with Gasteiger partial charge in [-0.25, -0.2) is 0 Å². The molecule has 0 aliphatic rings. The first-order valence-electron chi connectivity index (χ1n) is 3.86. The Morgan fingerprint density at radius 2 is 2.33 bits per heavy atom. The zero-order chi connectivity index (χ0) is 11.7. The molecule has 0 saturated heterocycles. The second kappa shape index (κ2) is 6.70. The molecular formula is C9H10N2O3S. The molecule has 0 aromatic carbocycles. The lowest BCUT2D eigenvalue weighted by molar-refractivity contribution is 0.487. The number of pyridine rings is 1. The minimum Gasteiger partial charge on any atom is -0.285 e. The van der Waals surface area contributed by atoms with Gasteiger partial charge in [0, 0.05) is 12.4 Å². The molecule has 1 aromatic rings. The molecule has 6 heteroatoms. The van der Waals surface area contributed by atoms with Crippen molar-refractivity contribution in [2.75, 3.05) is 5.75 Å². The third-order valence-corrected chi connectivity index (χ3v) is 1.78. The Morgan fingerprint density at radius 3 is 2.53 bits per heavy atom. The number of nitrogens with zero attached hydrogens (tertiary/aromatic N) is 2. The molecule has 0 aliphatic heterocycles. The molecule has 80 valence electrons. The topological polar surface area (TPSA) is 91.0 Å². The van der Waals surface area contributed by atoms with E-state index in [4.69, 9.17) is 9.81 Å². The highest BCUT2D eigenvalue weighted by molar-refractivity contribution is 7.85. The number of hydrogen-bond donors (Lipinski definition) is 1. The lowest BCUT2D eigenvalue weighted by Gasteiger charge is -1.82. The Hall–Kier alpha value is -1.71. The predicted molar refractivity (Wildman–Crippen MR) is 55.6 cm³/mol. The second-order valence-corrected chi connectivity index (χ2v) is 3.89. The van der Waals surface area contributed by atoms with E-state index in [0.29, 0.717) is 5.56 Å². The molecule has 1 heterocycles. The van der Waals surface area contributed by atoms with E-state index in [0.717, 1.165) is 6.08 Å². The van der Waals surface area contributed by atoms with Gasteiger partial charge in [0.25, 0.3) is 10.1 Å². The monoisotopic (exact) mass is 226 g/mol. The maximum absolute atomic E-state index is 9.72. The maximum atomic E-state index is 9.72. The molecule has 5 nitrogen and oxygen atoms in total. The second-order valence-electron chi connectivity index (χ2n) is 2.39. The van der Waals surface area contributed by atoms with E-state index in [2.05, 4.69) is 11.6 Å². The Kier molecular flexibility index (Phi) is 5.94. The molecule has 0 atom stereocenters. The highest BCUT2D eigenvalue weighted by Crippen LogP contribution is 1.89. The smallest absolute Gasteiger partial charge is 0.268 e. The van der Waals surface area contributed by atoms with Crippen molar-refractivity contribution in [2.24, 2.45) is 0 Å². The lowest BCUT2D eigenvalue weighted by Crippen LogP contribution is -1.99. The molecule has 0 spiro atoms. The summed E-state index contributed by atoms with van der Waals surface area (Å²) < 4.78 is 27.3. The van der Waals surface area contributed by atoms with E-state index < -0.39 is 10.1 Å². The van der Waals surface area contributed by atoms with Crippen molar-refractivity contribution < 1.29 is 13.0 Å². The normalized spacial score (nSPS) is 9.33. The van der Waals surface area contributed by atoms with E-state index >= 15 is 0 Å². The van der Waals surface area contributed by atoms with E-state index in [1.54, 1.807) is 18.3 Å². The van der Waals surface area contributed by atoms with Crippen molar-refractivity contribution in [1.29, 1.82) is 5.26 Å². The van der Waals surface area contributed by atoms with Crippen LogP contribution in [0.4, 0.5) is 0 Å². The number of nitriles is 1. The third-order valence-electron chi connectivity index (χ3n) is 1.12. The summed E-state index contributed by atoms with van der Waals surface area (Å²) in [6.07, 6.45) is 4.29. The number of aromatic nitrogens is 1. The summed E-state index contributed by atoms with van der Waals surface area (Å²) in [7, 11) is -3.79. The Labute approximate surface area is 88.4 Å². The molecular weight excluding hydrogens is 216 g/mol. The average molecular weight is 226 g/mol. The first-order chi connectivity index (χ1) is 6.99. The quantitative estimate of drug-likeness (QED) is 0.600. The lowest BCUT2D eigenvalue weighted by atomic mass is 10.3. The number of rotatable bonds is 2. The Morgan fingerprint density at radius 1 is 1.67 bits per heavy atom. The van der Waals surface area contributed by atoms with Crippen LogP contribution in [0.15, 0.2) is 37.2 Å². The van der Waals surface area contributed by atoms with Crippen molar-refractivity contribution >= 4 is 10.1 Å². The first-order valence-corrected chi connectivity index (χ1v) is 5.46. The van der Waals surface area contributed by atoms with E-state index in [-0.39, 0.29) is 5.75 Å². The van der Waals surface area contributed by atoms with Crippen molar-refractivity contribution in [2.45, 2.75) is 0 Å². The van der Waals surface area contributed by atoms with Gasteiger partial charge in [0.1, 0.15) is 6.07 Å². The van der Waals surface area contributed by atoms with Gasteiger partial charge in [-0.05, 0) is 12.1 Å². The zero-order valence-corrected chi connectivity index (χ0v) is 8.68. The SMILES string of the molecule is C=CCS(=O)(=O)O.N#Cc1cccnc1. The molecule has 1 rings (SSSR count). The molecule has 0 aliphatic carbocycles. The van der Waals surface area contributed by atoms with Crippen LogP contribution in [0.5, 0.6) is 0 Å². The molecule has 0 radical (unpaired) electrons. The van der Waals surface area contributed by atoms with Crippen LogP contribution < -0.4 is 0 Å². The molecule has 1 N–H and O–H groups in total. The van der Waals surface area contributed by atoms with Gasteiger partial charge in [0.15, 0.2) is 0 Å². The van der Waals surface area contributed by atoms with Gasteiger partial charge in [0.05, 0.1) is 11.3 Å². The summed E-state index contributed by atoms with van der Waals surface area (Å²) >= 11 is 0. The highest BCUT2D eigenvalue weighted by atomic mass is 32.2. The minimum atomic E-state index is -3.79. The molecule has 0 fully saturated rings. The van der Waals surface area contributed by atoms with Gasteiger partial charge >= 0.3 is 0 Å². The summed E-state index contributed by atoms with van der Waals surface area (Å²) in [6.45, 7) is 3.11. The summed E-state index contributed by atoms with van der Waals surface area (Å²) in [4.78, 5) is 3.73. The fraction of sp³-hybridized carbons (Fsp3) is 0.111. The molecule has 0 bridgehead atoms. The van der Waals surface area contributed by atoms with E-state index in [9.17, 15) is 8.42 Å². The van der Waals surface area contributed by atoms with Crippen LogP contribution >= 0.6 is 0 Å². The Balaban J connectivity index is 0.000000265. The van der Waals surface area contributed by atoms with Crippen LogP contribution in [0.3, 0.4) is 0 Å². The zero-order valence-electron chi connectivity index (χ0n) is 7.87. The summed E-state index contributed by atoms with van der Waals surface area (Å²) in [5, 5.41) is 8.25. The van der Waals surface area contributed by atoms with Crippen LogP contribution in [0, 0.1) is 11.3 Å². The van der Waals surface area contributed by atoms with Gasteiger partial charge < -0.3 is 0 Å². The van der Waals surface area contributed by atoms with Crippen LogP contribution in [0.25, 0.3) is 0 Å². The van der Waals surface area contributed by atoms with Gasteiger partial charge in [0.2, 0.25) is 0 Å². The van der Waals surface area contributed by atoms with E-state index in [1.165, 1.54) is 6.20 Å². The predicted octanol–water partition coefficient (Wildman–Crippen LogP) is 1.01. The standard InChI is InChI=1S/C6H4N2.C3H6O3S/c7-4-6-2-1-3-8-5-6;1-2-3-7(4,5)6/h1-3,5H;2H,1,3H2,(H,4,5,6).